The Kier molecular flexibility index (Phi) is 3.45. The third-order valence-electron chi connectivity index (χ3n) is 1.85. The molecular weight excluding hydrogens is 243 g/mol. The summed E-state index contributed by atoms with van der Waals surface area (Å²) in [6, 6.07) is 0.818. The number of alkyl halides is 3. The maximum Gasteiger partial charge on any atom is 0.513 e. The van der Waals surface area contributed by atoms with E-state index in [9.17, 15) is 22.8 Å². The first kappa shape index (κ1) is 13.1. The Morgan fingerprint density at radius 3 is 2.47 bits per heavy atom. The molecule has 1 aromatic heterocycles. The predicted octanol–water partition coefficient (Wildman–Crippen LogP) is 1.85. The van der Waals surface area contributed by atoms with Crippen molar-refractivity contribution in [1.82, 2.24) is 4.98 Å². The van der Waals surface area contributed by atoms with E-state index in [2.05, 4.69) is 9.47 Å². The number of methoxy groups -OCH3 is 1. The Morgan fingerprint density at radius 2 is 2.00 bits per heavy atom. The van der Waals surface area contributed by atoms with Crippen LogP contribution in [0.25, 0.3) is 0 Å². The van der Waals surface area contributed by atoms with Crippen LogP contribution in [0.4, 0.5) is 18.0 Å². The second-order valence-corrected chi connectivity index (χ2v) is 3.07. The van der Waals surface area contributed by atoms with Gasteiger partial charge in [0.15, 0.2) is 5.75 Å². The SMILES string of the molecule is COC(=O)Oc1cc(C)c(C(F)(F)F)[nH]c1=O. The average Bonchev–Trinajstić information content (AvgIpc) is 2.21. The van der Waals surface area contributed by atoms with Gasteiger partial charge in [0.1, 0.15) is 5.69 Å². The minimum absolute atomic E-state index is 0.268. The number of nitrogens with one attached hydrogen (secondary N) is 1. The van der Waals surface area contributed by atoms with Crippen molar-refractivity contribution in [2.24, 2.45) is 0 Å². The number of aromatic amines is 1. The molecule has 1 heterocycles. The summed E-state index contributed by atoms with van der Waals surface area (Å²) in [6.07, 6.45) is -5.86. The van der Waals surface area contributed by atoms with Gasteiger partial charge in [0, 0.05) is 0 Å². The second-order valence-electron chi connectivity index (χ2n) is 3.07. The van der Waals surface area contributed by atoms with Crippen LogP contribution in [0.5, 0.6) is 5.75 Å². The lowest BCUT2D eigenvalue weighted by molar-refractivity contribution is -0.141. The Bertz CT molecular complexity index is 492. The predicted molar refractivity (Wildman–Crippen MR) is 49.8 cm³/mol. The molecule has 0 aliphatic rings. The maximum absolute atomic E-state index is 12.4. The van der Waals surface area contributed by atoms with Crippen molar-refractivity contribution in [2.45, 2.75) is 13.1 Å². The van der Waals surface area contributed by atoms with Crippen molar-refractivity contribution in [3.8, 4) is 5.75 Å². The number of hydrogen-bond acceptors (Lipinski definition) is 4. The first-order valence-electron chi connectivity index (χ1n) is 4.32. The lowest BCUT2D eigenvalue weighted by Crippen LogP contribution is -2.21. The van der Waals surface area contributed by atoms with Crippen LogP contribution < -0.4 is 10.3 Å². The lowest BCUT2D eigenvalue weighted by atomic mass is 10.2. The van der Waals surface area contributed by atoms with Gasteiger partial charge >= 0.3 is 12.3 Å². The number of pyridine rings is 1. The third kappa shape index (κ3) is 2.99. The second kappa shape index (κ2) is 4.48. The zero-order valence-corrected chi connectivity index (χ0v) is 8.84. The summed E-state index contributed by atoms with van der Waals surface area (Å²) in [5, 5.41) is 0. The Labute approximate surface area is 93.2 Å². The molecule has 1 rings (SSSR count). The van der Waals surface area contributed by atoms with Crippen LogP contribution in [0.1, 0.15) is 11.3 Å². The van der Waals surface area contributed by atoms with Crippen molar-refractivity contribution in [3.63, 3.8) is 0 Å². The van der Waals surface area contributed by atoms with E-state index >= 15 is 0 Å². The van der Waals surface area contributed by atoms with Gasteiger partial charge in [0.25, 0.3) is 5.56 Å². The van der Waals surface area contributed by atoms with Crippen LogP contribution in [-0.4, -0.2) is 18.2 Å². The summed E-state index contributed by atoms with van der Waals surface area (Å²) in [6.45, 7) is 1.13. The molecule has 8 heteroatoms. The fourth-order valence-electron chi connectivity index (χ4n) is 1.11. The van der Waals surface area contributed by atoms with E-state index in [1.165, 1.54) is 0 Å². The van der Waals surface area contributed by atoms with Crippen LogP contribution in [0.15, 0.2) is 10.9 Å². The number of aryl methyl sites for hydroxylation is 1. The number of carbonyl (C=O) groups excluding carboxylic acids is 1. The summed E-state index contributed by atoms with van der Waals surface area (Å²) < 4.78 is 45.6. The normalized spacial score (nSPS) is 11.1. The van der Waals surface area contributed by atoms with E-state index in [1.54, 1.807) is 4.98 Å². The number of H-pyrrole nitrogens is 1. The molecule has 0 aliphatic carbocycles. The fraction of sp³-hybridized carbons (Fsp3) is 0.333. The number of ether oxygens (including phenoxy) is 2. The number of carbonyl (C=O) groups is 1. The molecule has 0 amide bonds. The van der Waals surface area contributed by atoms with E-state index in [-0.39, 0.29) is 5.56 Å². The molecule has 0 atom stereocenters. The molecule has 0 unspecified atom stereocenters. The topological polar surface area (TPSA) is 68.4 Å². The van der Waals surface area contributed by atoms with Gasteiger partial charge in [0.2, 0.25) is 0 Å². The van der Waals surface area contributed by atoms with Gasteiger partial charge in [-0.05, 0) is 18.6 Å². The summed E-state index contributed by atoms with van der Waals surface area (Å²) in [5.41, 5.74) is -2.61. The Morgan fingerprint density at radius 1 is 1.41 bits per heavy atom. The molecule has 0 aromatic carbocycles. The molecule has 1 aromatic rings. The van der Waals surface area contributed by atoms with Crippen LogP contribution >= 0.6 is 0 Å². The molecule has 0 bridgehead atoms. The standard InChI is InChI=1S/C9H8F3NO4/c1-4-3-5(17-8(15)16-2)7(14)13-6(4)9(10,11)12/h3H,1-2H3,(H,13,14). The quantitative estimate of drug-likeness (QED) is 0.773. The molecule has 94 valence electrons. The monoisotopic (exact) mass is 251 g/mol. The van der Waals surface area contributed by atoms with Gasteiger partial charge in [-0.2, -0.15) is 13.2 Å². The van der Waals surface area contributed by atoms with E-state index < -0.39 is 29.3 Å². The van der Waals surface area contributed by atoms with E-state index in [0.717, 1.165) is 20.1 Å². The van der Waals surface area contributed by atoms with Crippen molar-refractivity contribution < 1.29 is 27.4 Å². The van der Waals surface area contributed by atoms with Crippen LogP contribution in [-0.2, 0) is 10.9 Å². The fourth-order valence-corrected chi connectivity index (χ4v) is 1.11. The summed E-state index contributed by atoms with van der Waals surface area (Å²) >= 11 is 0. The molecule has 1 N–H and O–H groups in total. The van der Waals surface area contributed by atoms with E-state index in [1.807, 2.05) is 0 Å². The summed E-state index contributed by atoms with van der Waals surface area (Å²) in [4.78, 5) is 23.5. The molecular formula is C9H8F3NO4. The van der Waals surface area contributed by atoms with Gasteiger partial charge in [-0.1, -0.05) is 0 Å². The molecule has 5 nitrogen and oxygen atoms in total. The van der Waals surface area contributed by atoms with Crippen LogP contribution in [0, 0.1) is 6.92 Å². The molecule has 0 saturated heterocycles. The van der Waals surface area contributed by atoms with Crippen LogP contribution in [0.2, 0.25) is 0 Å². The minimum Gasteiger partial charge on any atom is -0.437 e. The highest BCUT2D eigenvalue weighted by Crippen LogP contribution is 2.30. The van der Waals surface area contributed by atoms with Gasteiger partial charge in [-0.15, -0.1) is 0 Å². The number of hydrogen-bond donors (Lipinski definition) is 1. The van der Waals surface area contributed by atoms with E-state index in [0.29, 0.717) is 0 Å². The Balaban J connectivity index is 3.19. The van der Waals surface area contributed by atoms with E-state index in [4.69, 9.17) is 0 Å². The van der Waals surface area contributed by atoms with Gasteiger partial charge in [0.05, 0.1) is 7.11 Å². The largest absolute Gasteiger partial charge is 0.513 e. The van der Waals surface area contributed by atoms with Gasteiger partial charge in [-0.25, -0.2) is 4.79 Å². The molecule has 0 aliphatic heterocycles. The molecule has 0 fully saturated rings. The number of aromatic nitrogens is 1. The number of halogens is 3. The van der Waals surface area contributed by atoms with Gasteiger partial charge in [-0.3, -0.25) is 4.79 Å². The highest BCUT2D eigenvalue weighted by molar-refractivity contribution is 5.63. The first-order valence-corrected chi connectivity index (χ1v) is 4.32. The van der Waals surface area contributed by atoms with Crippen molar-refractivity contribution in [3.05, 3.63) is 27.7 Å². The summed E-state index contributed by atoms with van der Waals surface area (Å²) in [5.74, 6) is -0.553. The highest BCUT2D eigenvalue weighted by atomic mass is 19.4. The molecule has 0 spiro atoms. The number of rotatable bonds is 1. The molecule has 0 saturated carbocycles. The molecule has 17 heavy (non-hydrogen) atoms. The zero-order valence-electron chi connectivity index (χ0n) is 8.84. The smallest absolute Gasteiger partial charge is 0.437 e. The minimum atomic E-state index is -4.67. The zero-order chi connectivity index (χ0) is 13.2. The lowest BCUT2D eigenvalue weighted by Gasteiger charge is -2.10. The highest BCUT2D eigenvalue weighted by Gasteiger charge is 2.34. The van der Waals surface area contributed by atoms with Crippen molar-refractivity contribution >= 4 is 6.16 Å². The van der Waals surface area contributed by atoms with Crippen LogP contribution in [0.3, 0.4) is 0 Å². The van der Waals surface area contributed by atoms with Gasteiger partial charge < -0.3 is 14.5 Å². The molecule has 0 radical (unpaired) electrons. The average molecular weight is 251 g/mol. The van der Waals surface area contributed by atoms with Crippen molar-refractivity contribution in [1.29, 1.82) is 0 Å². The third-order valence-corrected chi connectivity index (χ3v) is 1.85. The summed E-state index contributed by atoms with van der Waals surface area (Å²) in [7, 11) is 1.01. The first-order chi connectivity index (χ1) is 7.75. The Hall–Kier alpha value is -1.99. The maximum atomic E-state index is 12.4. The van der Waals surface area contributed by atoms with Crippen molar-refractivity contribution in [2.75, 3.05) is 7.11 Å².